The summed E-state index contributed by atoms with van der Waals surface area (Å²) >= 11 is 0.621. The number of rotatable bonds is 3. The first-order valence-electron chi connectivity index (χ1n) is 3.97. The molecule has 0 aliphatic heterocycles. The molecule has 1 heterocycles. The summed E-state index contributed by atoms with van der Waals surface area (Å²) in [6, 6.07) is 2.33. The lowest BCUT2D eigenvalue weighted by Crippen LogP contribution is -2.33. The van der Waals surface area contributed by atoms with E-state index in [1.165, 1.54) is 6.07 Å². The average Bonchev–Trinajstić information content (AvgIpc) is 2.61. The summed E-state index contributed by atoms with van der Waals surface area (Å²) in [5, 5.41) is 10.2. The minimum Gasteiger partial charge on any atom is -0.477 e. The maximum atomic E-state index is 11.8. The maximum absolute atomic E-state index is 11.8. The van der Waals surface area contributed by atoms with Crippen LogP contribution in [0.1, 0.15) is 19.3 Å². The molecule has 0 spiro atoms. The molecule has 0 saturated heterocycles. The van der Waals surface area contributed by atoms with E-state index in [0.29, 0.717) is 11.3 Å². The summed E-state index contributed by atoms with van der Waals surface area (Å²) in [4.78, 5) is 21.4. The molecule has 1 aromatic heterocycles. The third-order valence-corrected chi connectivity index (χ3v) is 2.56. The fourth-order valence-electron chi connectivity index (χ4n) is 0.842. The molecular formula is C8H6F3NO3S. The van der Waals surface area contributed by atoms with Gasteiger partial charge in [0.2, 0.25) is 0 Å². The lowest BCUT2D eigenvalue weighted by atomic mass is 10.4. The zero-order valence-corrected chi connectivity index (χ0v) is 8.48. The van der Waals surface area contributed by atoms with Crippen molar-refractivity contribution in [1.82, 2.24) is 5.32 Å². The SMILES string of the molecule is O=C(O)c1ccc(C(=O)NCC(F)(F)F)s1. The fraction of sp³-hybridized carbons (Fsp3) is 0.250. The summed E-state index contributed by atoms with van der Waals surface area (Å²) in [6.07, 6.45) is -4.48. The number of hydrogen-bond acceptors (Lipinski definition) is 3. The van der Waals surface area contributed by atoms with Gasteiger partial charge in [0, 0.05) is 0 Å². The number of halogens is 3. The summed E-state index contributed by atoms with van der Waals surface area (Å²) in [6.45, 7) is -1.44. The molecule has 0 aromatic carbocycles. The number of alkyl halides is 3. The smallest absolute Gasteiger partial charge is 0.405 e. The molecule has 0 saturated carbocycles. The second-order valence-corrected chi connectivity index (χ2v) is 3.85. The Kier molecular flexibility index (Phi) is 3.53. The predicted octanol–water partition coefficient (Wildman–Crippen LogP) is 1.74. The van der Waals surface area contributed by atoms with Crippen LogP contribution in [-0.2, 0) is 0 Å². The van der Waals surface area contributed by atoms with Crippen molar-refractivity contribution in [1.29, 1.82) is 0 Å². The number of hydrogen-bond donors (Lipinski definition) is 2. The van der Waals surface area contributed by atoms with Gasteiger partial charge in [-0.15, -0.1) is 11.3 Å². The molecule has 1 amide bonds. The van der Waals surface area contributed by atoms with E-state index >= 15 is 0 Å². The van der Waals surface area contributed by atoms with Gasteiger partial charge in [-0.25, -0.2) is 4.79 Å². The number of carbonyl (C=O) groups excluding carboxylic acids is 1. The minimum absolute atomic E-state index is 0.0679. The summed E-state index contributed by atoms with van der Waals surface area (Å²) in [5.41, 5.74) is 0. The van der Waals surface area contributed by atoms with E-state index < -0.39 is 24.6 Å². The Balaban J connectivity index is 2.63. The molecule has 2 N–H and O–H groups in total. The number of carboxylic acids is 1. The first-order chi connectivity index (χ1) is 7.29. The Bertz CT molecular complexity index is 413. The Morgan fingerprint density at radius 2 is 1.88 bits per heavy atom. The van der Waals surface area contributed by atoms with E-state index in [1.807, 2.05) is 0 Å². The lowest BCUT2D eigenvalue weighted by molar-refractivity contribution is -0.123. The van der Waals surface area contributed by atoms with Crippen molar-refractivity contribution in [2.75, 3.05) is 6.54 Å². The molecule has 8 heteroatoms. The number of carboxylic acid groups (broad SMARTS) is 1. The van der Waals surface area contributed by atoms with Gasteiger partial charge >= 0.3 is 12.1 Å². The van der Waals surface area contributed by atoms with E-state index in [0.717, 1.165) is 6.07 Å². The van der Waals surface area contributed by atoms with Crippen LogP contribution < -0.4 is 5.32 Å². The van der Waals surface area contributed by atoms with Gasteiger partial charge in [-0.3, -0.25) is 4.79 Å². The van der Waals surface area contributed by atoms with Gasteiger partial charge in [0.15, 0.2) is 0 Å². The first-order valence-corrected chi connectivity index (χ1v) is 4.79. The molecule has 0 aliphatic carbocycles. The monoisotopic (exact) mass is 253 g/mol. The number of aromatic carboxylic acids is 1. The minimum atomic E-state index is -4.48. The van der Waals surface area contributed by atoms with E-state index in [2.05, 4.69) is 0 Å². The average molecular weight is 253 g/mol. The highest BCUT2D eigenvalue weighted by atomic mass is 32.1. The van der Waals surface area contributed by atoms with Gasteiger partial charge < -0.3 is 10.4 Å². The molecular weight excluding hydrogens is 247 g/mol. The molecule has 0 aliphatic rings. The van der Waals surface area contributed by atoms with E-state index in [9.17, 15) is 22.8 Å². The maximum Gasteiger partial charge on any atom is 0.405 e. The quantitative estimate of drug-likeness (QED) is 0.862. The van der Waals surface area contributed by atoms with Gasteiger partial charge in [-0.1, -0.05) is 0 Å². The molecule has 0 bridgehead atoms. The van der Waals surface area contributed by atoms with Gasteiger partial charge in [-0.2, -0.15) is 13.2 Å². The molecule has 16 heavy (non-hydrogen) atoms. The largest absolute Gasteiger partial charge is 0.477 e. The Morgan fingerprint density at radius 3 is 2.31 bits per heavy atom. The number of thiophene rings is 1. The number of nitrogens with one attached hydrogen (secondary N) is 1. The Labute approximate surface area is 91.7 Å². The normalized spacial score (nSPS) is 11.2. The van der Waals surface area contributed by atoms with E-state index in [-0.39, 0.29) is 9.75 Å². The first kappa shape index (κ1) is 12.5. The number of amides is 1. The lowest BCUT2D eigenvalue weighted by Gasteiger charge is -2.06. The van der Waals surface area contributed by atoms with Crippen LogP contribution >= 0.6 is 11.3 Å². The third kappa shape index (κ3) is 3.54. The van der Waals surface area contributed by atoms with Crippen LogP contribution in [0, 0.1) is 0 Å². The molecule has 0 unspecified atom stereocenters. The predicted molar refractivity (Wildman–Crippen MR) is 49.7 cm³/mol. The van der Waals surface area contributed by atoms with Crippen molar-refractivity contribution in [2.45, 2.75) is 6.18 Å². The Hall–Kier alpha value is -1.57. The Morgan fingerprint density at radius 1 is 1.31 bits per heavy atom. The zero-order valence-electron chi connectivity index (χ0n) is 7.67. The molecule has 0 atom stereocenters. The van der Waals surface area contributed by atoms with Gasteiger partial charge in [-0.05, 0) is 12.1 Å². The third-order valence-electron chi connectivity index (χ3n) is 1.49. The zero-order chi connectivity index (χ0) is 12.3. The highest BCUT2D eigenvalue weighted by Gasteiger charge is 2.28. The molecule has 0 radical (unpaired) electrons. The van der Waals surface area contributed by atoms with Crippen molar-refractivity contribution in [3.63, 3.8) is 0 Å². The van der Waals surface area contributed by atoms with Crippen LogP contribution in [0.2, 0.25) is 0 Å². The summed E-state index contributed by atoms with van der Waals surface area (Å²) < 4.78 is 35.3. The van der Waals surface area contributed by atoms with Crippen LogP contribution in [-0.4, -0.2) is 29.7 Å². The van der Waals surface area contributed by atoms with Crippen molar-refractivity contribution in [2.24, 2.45) is 0 Å². The second-order valence-electron chi connectivity index (χ2n) is 2.77. The second kappa shape index (κ2) is 4.52. The summed E-state index contributed by atoms with van der Waals surface area (Å²) in [7, 11) is 0. The highest BCUT2D eigenvalue weighted by Crippen LogP contribution is 2.17. The van der Waals surface area contributed by atoms with Crippen molar-refractivity contribution in [3.8, 4) is 0 Å². The number of carbonyl (C=O) groups is 2. The molecule has 1 aromatic rings. The van der Waals surface area contributed by atoms with Crippen LogP contribution in [0.15, 0.2) is 12.1 Å². The van der Waals surface area contributed by atoms with Gasteiger partial charge in [0.25, 0.3) is 5.91 Å². The van der Waals surface area contributed by atoms with Crippen LogP contribution in [0.3, 0.4) is 0 Å². The van der Waals surface area contributed by atoms with Crippen molar-refractivity contribution in [3.05, 3.63) is 21.9 Å². The van der Waals surface area contributed by atoms with Crippen LogP contribution in [0.5, 0.6) is 0 Å². The van der Waals surface area contributed by atoms with Crippen molar-refractivity contribution < 1.29 is 27.9 Å². The molecule has 88 valence electrons. The van der Waals surface area contributed by atoms with Crippen LogP contribution in [0.25, 0.3) is 0 Å². The van der Waals surface area contributed by atoms with Crippen molar-refractivity contribution >= 4 is 23.2 Å². The van der Waals surface area contributed by atoms with E-state index in [1.54, 1.807) is 5.32 Å². The van der Waals surface area contributed by atoms with Gasteiger partial charge in [0.1, 0.15) is 11.4 Å². The molecule has 4 nitrogen and oxygen atoms in total. The van der Waals surface area contributed by atoms with Gasteiger partial charge in [0.05, 0.1) is 4.88 Å². The van der Waals surface area contributed by atoms with Crippen LogP contribution in [0.4, 0.5) is 13.2 Å². The molecule has 1 rings (SSSR count). The topological polar surface area (TPSA) is 66.4 Å². The fourth-order valence-corrected chi connectivity index (χ4v) is 1.60. The highest BCUT2D eigenvalue weighted by molar-refractivity contribution is 7.15. The standard InChI is InChI=1S/C8H6F3NO3S/c9-8(10,11)3-12-6(13)4-1-2-5(16-4)7(14)15/h1-2H,3H2,(H,12,13)(H,14,15). The molecule has 0 fully saturated rings. The van der Waals surface area contributed by atoms with E-state index in [4.69, 9.17) is 5.11 Å². The summed E-state index contributed by atoms with van der Waals surface area (Å²) in [5.74, 6) is -2.16.